The lowest BCUT2D eigenvalue weighted by molar-refractivity contribution is 0.376. The summed E-state index contributed by atoms with van der Waals surface area (Å²) in [6.07, 6.45) is 0. The Bertz CT molecular complexity index is 708. The summed E-state index contributed by atoms with van der Waals surface area (Å²) in [7, 11) is 0. The molecule has 0 saturated carbocycles. The molecule has 0 N–H and O–H groups in total. The third-order valence-electron chi connectivity index (χ3n) is 2.92. The van der Waals surface area contributed by atoms with E-state index in [1.54, 1.807) is 11.8 Å². The van der Waals surface area contributed by atoms with E-state index in [4.69, 9.17) is 4.52 Å². The second-order valence-corrected chi connectivity index (χ2v) is 5.86. The fraction of sp³-hybridized carbons (Fsp3) is 0.200. The smallest absolute Gasteiger partial charge is 0.239 e. The Kier molecular flexibility index (Phi) is 3.25. The molecule has 3 nitrogen and oxygen atoms in total. The maximum atomic E-state index is 5.20. The standard InChI is InChI=1S/C15H14N2OS/c1-10(15-16-11(2)17-18-15)19-14-8-7-12-5-3-4-6-13(12)9-14/h3-10H,1-2H3. The zero-order valence-electron chi connectivity index (χ0n) is 10.8. The molecule has 2 aromatic carbocycles. The van der Waals surface area contributed by atoms with Crippen LogP contribution in [0, 0.1) is 6.92 Å². The quantitative estimate of drug-likeness (QED) is 0.662. The highest BCUT2D eigenvalue weighted by Crippen LogP contribution is 2.35. The molecule has 0 aliphatic carbocycles. The number of fused-ring (bicyclic) bond motifs is 1. The summed E-state index contributed by atoms with van der Waals surface area (Å²) >= 11 is 1.73. The van der Waals surface area contributed by atoms with Gasteiger partial charge in [0.1, 0.15) is 0 Å². The lowest BCUT2D eigenvalue weighted by Crippen LogP contribution is -1.88. The van der Waals surface area contributed by atoms with Crippen LogP contribution in [0.1, 0.15) is 23.9 Å². The highest BCUT2D eigenvalue weighted by atomic mass is 32.2. The molecule has 1 unspecified atom stereocenters. The molecule has 19 heavy (non-hydrogen) atoms. The summed E-state index contributed by atoms with van der Waals surface area (Å²) in [6.45, 7) is 3.91. The molecule has 96 valence electrons. The van der Waals surface area contributed by atoms with Gasteiger partial charge in [0.25, 0.3) is 0 Å². The van der Waals surface area contributed by atoms with Gasteiger partial charge in [-0.25, -0.2) is 0 Å². The lowest BCUT2D eigenvalue weighted by Gasteiger charge is -2.07. The minimum atomic E-state index is 0.155. The van der Waals surface area contributed by atoms with E-state index < -0.39 is 0 Å². The van der Waals surface area contributed by atoms with Crippen LogP contribution in [0.2, 0.25) is 0 Å². The van der Waals surface area contributed by atoms with Crippen LogP contribution in [-0.4, -0.2) is 10.1 Å². The van der Waals surface area contributed by atoms with Gasteiger partial charge in [-0.2, -0.15) is 4.98 Å². The monoisotopic (exact) mass is 270 g/mol. The van der Waals surface area contributed by atoms with Crippen LogP contribution in [0.15, 0.2) is 51.9 Å². The van der Waals surface area contributed by atoms with E-state index in [0.29, 0.717) is 11.7 Å². The lowest BCUT2D eigenvalue weighted by atomic mass is 10.1. The fourth-order valence-corrected chi connectivity index (χ4v) is 2.92. The molecule has 1 atom stereocenters. The minimum Gasteiger partial charge on any atom is -0.338 e. The van der Waals surface area contributed by atoms with Crippen molar-refractivity contribution in [2.24, 2.45) is 0 Å². The van der Waals surface area contributed by atoms with Crippen molar-refractivity contribution in [3.63, 3.8) is 0 Å². The van der Waals surface area contributed by atoms with Crippen molar-refractivity contribution in [3.8, 4) is 0 Å². The first kappa shape index (κ1) is 12.2. The summed E-state index contributed by atoms with van der Waals surface area (Å²) in [5.74, 6) is 1.36. The second-order valence-electron chi connectivity index (χ2n) is 4.45. The van der Waals surface area contributed by atoms with Gasteiger partial charge in [-0.15, -0.1) is 11.8 Å². The van der Waals surface area contributed by atoms with Gasteiger partial charge in [0.15, 0.2) is 5.82 Å². The second kappa shape index (κ2) is 5.05. The number of aryl methyl sites for hydroxylation is 1. The van der Waals surface area contributed by atoms with Crippen molar-refractivity contribution in [1.82, 2.24) is 10.1 Å². The number of benzene rings is 2. The highest BCUT2D eigenvalue weighted by molar-refractivity contribution is 7.99. The van der Waals surface area contributed by atoms with E-state index in [-0.39, 0.29) is 5.25 Å². The molecule has 0 aliphatic rings. The average Bonchev–Trinajstić information content (AvgIpc) is 2.85. The Balaban J connectivity index is 1.84. The summed E-state index contributed by atoms with van der Waals surface area (Å²) in [6, 6.07) is 14.8. The van der Waals surface area contributed by atoms with Gasteiger partial charge in [0.05, 0.1) is 5.25 Å². The number of hydrogen-bond donors (Lipinski definition) is 0. The molecule has 0 aliphatic heterocycles. The Morgan fingerprint density at radius 3 is 2.63 bits per heavy atom. The predicted molar refractivity (Wildman–Crippen MR) is 77.3 cm³/mol. The first-order valence-electron chi connectivity index (χ1n) is 6.18. The SMILES string of the molecule is Cc1noc(C(C)Sc2ccc3ccccc3c2)n1. The molecule has 3 rings (SSSR count). The zero-order valence-corrected chi connectivity index (χ0v) is 11.6. The molecular formula is C15H14N2OS. The topological polar surface area (TPSA) is 38.9 Å². The third kappa shape index (κ3) is 2.63. The summed E-state index contributed by atoms with van der Waals surface area (Å²) < 4.78 is 5.20. The van der Waals surface area contributed by atoms with Gasteiger partial charge in [-0.1, -0.05) is 35.5 Å². The van der Waals surface area contributed by atoms with Crippen LogP contribution >= 0.6 is 11.8 Å². The maximum absolute atomic E-state index is 5.20. The summed E-state index contributed by atoms with van der Waals surface area (Å²) in [4.78, 5) is 5.48. The zero-order chi connectivity index (χ0) is 13.2. The van der Waals surface area contributed by atoms with E-state index in [0.717, 1.165) is 0 Å². The van der Waals surface area contributed by atoms with Crippen LogP contribution < -0.4 is 0 Å². The Labute approximate surface area is 116 Å². The average molecular weight is 270 g/mol. The van der Waals surface area contributed by atoms with Gasteiger partial charge >= 0.3 is 0 Å². The van der Waals surface area contributed by atoms with Crippen LogP contribution in [0.3, 0.4) is 0 Å². The molecule has 0 spiro atoms. The molecule has 1 heterocycles. The Morgan fingerprint density at radius 1 is 1.11 bits per heavy atom. The van der Waals surface area contributed by atoms with Crippen molar-refractivity contribution in [2.75, 3.05) is 0 Å². The normalized spacial score (nSPS) is 12.7. The Hall–Kier alpha value is -1.81. The minimum absolute atomic E-state index is 0.155. The van der Waals surface area contributed by atoms with Crippen molar-refractivity contribution >= 4 is 22.5 Å². The Morgan fingerprint density at radius 2 is 1.89 bits per heavy atom. The number of thioether (sulfide) groups is 1. The van der Waals surface area contributed by atoms with Crippen molar-refractivity contribution < 1.29 is 4.52 Å². The molecule has 4 heteroatoms. The van der Waals surface area contributed by atoms with Crippen LogP contribution in [-0.2, 0) is 0 Å². The number of aromatic nitrogens is 2. The summed E-state index contributed by atoms with van der Waals surface area (Å²) in [5, 5.41) is 6.49. The molecule has 0 radical (unpaired) electrons. The first-order valence-corrected chi connectivity index (χ1v) is 7.06. The van der Waals surface area contributed by atoms with Gasteiger partial charge in [-0.05, 0) is 36.8 Å². The molecule has 0 saturated heterocycles. The number of nitrogens with zero attached hydrogens (tertiary/aromatic N) is 2. The number of hydrogen-bond acceptors (Lipinski definition) is 4. The molecule has 1 aromatic heterocycles. The van der Waals surface area contributed by atoms with Crippen LogP contribution in [0.4, 0.5) is 0 Å². The van der Waals surface area contributed by atoms with Gasteiger partial charge < -0.3 is 4.52 Å². The van der Waals surface area contributed by atoms with Gasteiger partial charge in [0, 0.05) is 4.90 Å². The van der Waals surface area contributed by atoms with Crippen molar-refractivity contribution in [2.45, 2.75) is 24.0 Å². The molecule has 0 amide bonds. The first-order chi connectivity index (χ1) is 9.22. The molecule has 3 aromatic rings. The maximum Gasteiger partial charge on any atom is 0.239 e. The van der Waals surface area contributed by atoms with Crippen molar-refractivity contribution in [3.05, 3.63) is 54.2 Å². The van der Waals surface area contributed by atoms with Crippen molar-refractivity contribution in [1.29, 1.82) is 0 Å². The van der Waals surface area contributed by atoms with Gasteiger partial charge in [0.2, 0.25) is 5.89 Å². The number of rotatable bonds is 3. The fourth-order valence-electron chi connectivity index (χ4n) is 1.97. The van der Waals surface area contributed by atoms with E-state index in [2.05, 4.69) is 59.5 Å². The largest absolute Gasteiger partial charge is 0.338 e. The highest BCUT2D eigenvalue weighted by Gasteiger charge is 2.14. The molecular weight excluding hydrogens is 256 g/mol. The molecule has 0 fully saturated rings. The third-order valence-corrected chi connectivity index (χ3v) is 4.01. The van der Waals surface area contributed by atoms with E-state index in [1.807, 2.05) is 6.92 Å². The van der Waals surface area contributed by atoms with E-state index in [1.165, 1.54) is 15.7 Å². The van der Waals surface area contributed by atoms with E-state index >= 15 is 0 Å². The predicted octanol–water partition coefficient (Wildman–Crippen LogP) is 4.38. The van der Waals surface area contributed by atoms with E-state index in [9.17, 15) is 0 Å². The summed E-state index contributed by atoms with van der Waals surface area (Å²) in [5.41, 5.74) is 0. The molecule has 0 bridgehead atoms. The van der Waals surface area contributed by atoms with Gasteiger partial charge in [-0.3, -0.25) is 0 Å². The van der Waals surface area contributed by atoms with Crippen LogP contribution in [0.25, 0.3) is 10.8 Å². The van der Waals surface area contributed by atoms with Crippen LogP contribution in [0.5, 0.6) is 0 Å².